The zero-order valence-electron chi connectivity index (χ0n) is 19.9. The summed E-state index contributed by atoms with van der Waals surface area (Å²) in [6.07, 6.45) is 1.58. The Hall–Kier alpha value is -4.32. The van der Waals surface area contributed by atoms with E-state index in [1.165, 1.54) is 38.0 Å². The molecule has 186 valence electrons. The number of para-hydroxylation sites is 1. The number of aryl methyl sites for hydroxylation is 1. The van der Waals surface area contributed by atoms with Crippen molar-refractivity contribution in [2.75, 3.05) is 32.0 Å². The van der Waals surface area contributed by atoms with Crippen molar-refractivity contribution in [2.24, 2.45) is 12.0 Å². The number of rotatable bonds is 8. The Morgan fingerprint density at radius 1 is 1.08 bits per heavy atom. The highest BCUT2D eigenvalue weighted by atomic mass is 32.2. The summed E-state index contributed by atoms with van der Waals surface area (Å²) in [5.74, 6) is 0.384. The Morgan fingerprint density at radius 3 is 2.36 bits per heavy atom. The number of carbonyl (C=O) groups excluding carboxylic acids is 2. The molecule has 0 saturated carbocycles. The quantitative estimate of drug-likeness (QED) is 0.277. The summed E-state index contributed by atoms with van der Waals surface area (Å²) >= 11 is 1.03. The first-order chi connectivity index (χ1) is 17.4. The lowest BCUT2D eigenvalue weighted by molar-refractivity contribution is -0.741. The largest absolute Gasteiger partial charge is 0.496 e. The molecule has 0 fully saturated rings. The number of ether oxygens (including phenoxy) is 3. The van der Waals surface area contributed by atoms with Crippen molar-refractivity contribution in [3.8, 4) is 17.2 Å². The maximum absolute atomic E-state index is 13.5. The number of ketones is 1. The number of aliphatic imine (C=N–C) groups is 1. The minimum Gasteiger partial charge on any atom is -0.496 e. The number of carbonyl (C=O) groups is 2. The van der Waals surface area contributed by atoms with E-state index in [9.17, 15) is 14.4 Å². The molecule has 4 rings (SSSR count). The monoisotopic (exact) mass is 511 g/mol. The third kappa shape index (κ3) is 4.75. The van der Waals surface area contributed by atoms with Crippen LogP contribution in [0.1, 0.15) is 16.1 Å². The molecule has 0 radical (unpaired) electrons. The van der Waals surface area contributed by atoms with E-state index in [1.54, 1.807) is 42.5 Å². The molecule has 1 aliphatic heterocycles. The number of nitrogens with zero attached hydrogens (tertiary/aromatic N) is 3. The van der Waals surface area contributed by atoms with Gasteiger partial charge >= 0.3 is 11.3 Å². The van der Waals surface area contributed by atoms with Gasteiger partial charge in [0, 0.05) is 11.6 Å². The van der Waals surface area contributed by atoms with Gasteiger partial charge in [0.05, 0.1) is 32.8 Å². The number of nitrogens with one attached hydrogen (secondary N) is 1. The summed E-state index contributed by atoms with van der Waals surface area (Å²) < 4.78 is 22.0. The fraction of sp³-hybridized carbons (Fsp3) is 0.208. The Kier molecular flexibility index (Phi) is 7.25. The van der Waals surface area contributed by atoms with Crippen LogP contribution in [0.2, 0.25) is 0 Å². The van der Waals surface area contributed by atoms with Crippen LogP contribution in [-0.2, 0) is 11.8 Å². The van der Waals surface area contributed by atoms with Gasteiger partial charge in [0.25, 0.3) is 5.91 Å². The SMILES string of the molecule is COc1cc(OC)c(OC)cc1/C=C1/N=C(SCC(=O)c2c(=O)o[nH][n+]2C)N(c2ccccc2)C1=O. The summed E-state index contributed by atoms with van der Waals surface area (Å²) in [5.41, 5.74) is 0.356. The van der Waals surface area contributed by atoms with Gasteiger partial charge in [-0.2, -0.15) is 0 Å². The molecule has 3 aromatic rings. The molecule has 1 aromatic heterocycles. The predicted octanol–water partition coefficient (Wildman–Crippen LogP) is 2.18. The van der Waals surface area contributed by atoms with Gasteiger partial charge in [-0.05, 0) is 29.5 Å². The molecule has 2 aromatic carbocycles. The fourth-order valence-electron chi connectivity index (χ4n) is 3.55. The van der Waals surface area contributed by atoms with Crippen molar-refractivity contribution in [1.29, 1.82) is 0 Å². The molecule has 1 aliphatic rings. The molecule has 0 unspecified atom stereocenters. The van der Waals surface area contributed by atoms with Crippen molar-refractivity contribution >= 4 is 40.4 Å². The van der Waals surface area contributed by atoms with Crippen LogP contribution in [0.3, 0.4) is 0 Å². The molecular formula is C24H23N4O7S+. The van der Waals surface area contributed by atoms with Gasteiger partial charge in [0.2, 0.25) is 5.78 Å². The number of H-pyrrole nitrogens is 1. The fourth-order valence-corrected chi connectivity index (χ4v) is 4.43. The Morgan fingerprint density at radius 2 is 1.75 bits per heavy atom. The molecule has 1 N–H and O–H groups in total. The van der Waals surface area contributed by atoms with Gasteiger partial charge in [0.15, 0.2) is 23.7 Å². The average Bonchev–Trinajstić information content (AvgIpc) is 3.40. The topological polar surface area (TPSA) is 127 Å². The van der Waals surface area contributed by atoms with Gasteiger partial charge in [-0.15, -0.1) is 0 Å². The number of methoxy groups -OCH3 is 3. The summed E-state index contributed by atoms with van der Waals surface area (Å²) in [6, 6.07) is 12.3. The van der Waals surface area contributed by atoms with E-state index in [-0.39, 0.29) is 28.2 Å². The minimum absolute atomic E-state index is 0.131. The van der Waals surface area contributed by atoms with E-state index >= 15 is 0 Å². The molecule has 0 bridgehead atoms. The lowest BCUT2D eigenvalue weighted by Crippen LogP contribution is -2.40. The van der Waals surface area contributed by atoms with E-state index in [2.05, 4.69) is 14.8 Å². The molecule has 0 spiro atoms. The molecule has 0 saturated heterocycles. The maximum Gasteiger partial charge on any atom is 0.438 e. The van der Waals surface area contributed by atoms with Crippen LogP contribution in [0.4, 0.5) is 5.69 Å². The number of amidine groups is 1. The predicted molar refractivity (Wildman–Crippen MR) is 133 cm³/mol. The number of anilines is 1. The number of benzene rings is 2. The van der Waals surface area contributed by atoms with E-state index < -0.39 is 11.4 Å². The van der Waals surface area contributed by atoms with Crippen molar-refractivity contribution in [2.45, 2.75) is 0 Å². The highest BCUT2D eigenvalue weighted by Gasteiger charge is 2.34. The normalized spacial score (nSPS) is 14.2. The van der Waals surface area contributed by atoms with Gasteiger partial charge in [0.1, 0.15) is 11.4 Å². The third-order valence-electron chi connectivity index (χ3n) is 5.27. The molecule has 0 atom stereocenters. The van der Waals surface area contributed by atoms with Crippen LogP contribution < -0.4 is 29.4 Å². The summed E-state index contributed by atoms with van der Waals surface area (Å²) in [4.78, 5) is 43.9. The molecule has 11 nitrogen and oxygen atoms in total. The zero-order valence-corrected chi connectivity index (χ0v) is 20.8. The molecule has 0 aliphatic carbocycles. The van der Waals surface area contributed by atoms with Crippen LogP contribution in [0.25, 0.3) is 6.08 Å². The number of hydrogen-bond donors (Lipinski definition) is 1. The molecule has 12 heteroatoms. The zero-order chi connectivity index (χ0) is 25.8. The van der Waals surface area contributed by atoms with E-state index in [4.69, 9.17) is 14.2 Å². The summed E-state index contributed by atoms with van der Waals surface area (Å²) in [6.45, 7) is 0. The number of amides is 1. The van der Waals surface area contributed by atoms with Crippen LogP contribution in [0.5, 0.6) is 17.2 Å². The van der Waals surface area contributed by atoms with Gasteiger partial charge in [-0.3, -0.25) is 19.0 Å². The van der Waals surface area contributed by atoms with Crippen LogP contribution in [0, 0.1) is 0 Å². The standard InChI is InChI=1S/C24H22N4O7S/c1-27-21(23(31)35-26-27)17(29)13-36-24-25-16(22(30)28(24)15-8-6-5-7-9-15)10-14-11-19(33-3)20(34-4)12-18(14)32-2/h5-12H,13H2,1-4H3/p+1/b16-10+. The number of aromatic nitrogens is 2. The summed E-state index contributed by atoms with van der Waals surface area (Å²) in [7, 11) is 6.02. The van der Waals surface area contributed by atoms with Crippen LogP contribution >= 0.6 is 11.8 Å². The smallest absolute Gasteiger partial charge is 0.438 e. The first-order valence-corrected chi connectivity index (χ1v) is 11.6. The first kappa shape index (κ1) is 24.8. The van der Waals surface area contributed by atoms with Crippen molar-refractivity contribution < 1.29 is 33.0 Å². The van der Waals surface area contributed by atoms with Gasteiger partial charge in [-0.25, -0.2) is 9.79 Å². The molecular weight excluding hydrogens is 488 g/mol. The molecule has 1 amide bonds. The second-order valence-electron chi connectivity index (χ2n) is 7.45. The van der Waals surface area contributed by atoms with Gasteiger partial charge in [-0.1, -0.05) is 34.6 Å². The third-order valence-corrected chi connectivity index (χ3v) is 6.21. The number of aromatic amines is 1. The lowest BCUT2D eigenvalue weighted by atomic mass is 10.1. The second-order valence-corrected chi connectivity index (χ2v) is 8.39. The van der Waals surface area contributed by atoms with Crippen LogP contribution in [-0.4, -0.2) is 49.2 Å². The average molecular weight is 512 g/mol. The number of hydrogen-bond acceptors (Lipinski definition) is 9. The van der Waals surface area contributed by atoms with E-state index in [0.29, 0.717) is 28.5 Å². The molecule has 2 heterocycles. The van der Waals surface area contributed by atoms with Crippen molar-refractivity contribution in [1.82, 2.24) is 5.27 Å². The van der Waals surface area contributed by atoms with Crippen LogP contribution in [0.15, 0.2) is 62.5 Å². The van der Waals surface area contributed by atoms with Crippen molar-refractivity contribution in [3.05, 3.63) is 69.8 Å². The van der Waals surface area contributed by atoms with Gasteiger partial charge < -0.3 is 14.2 Å². The van der Waals surface area contributed by atoms with Crippen molar-refractivity contribution in [3.63, 3.8) is 0 Å². The Bertz CT molecular complexity index is 1430. The molecule has 36 heavy (non-hydrogen) atoms. The van der Waals surface area contributed by atoms with E-state index in [1.807, 2.05) is 6.07 Å². The summed E-state index contributed by atoms with van der Waals surface area (Å²) in [5, 5.41) is 2.60. The van der Waals surface area contributed by atoms with E-state index in [0.717, 1.165) is 11.8 Å². The number of thioether (sulfide) groups is 1. The lowest BCUT2D eigenvalue weighted by Gasteiger charge is -2.17. The first-order valence-electron chi connectivity index (χ1n) is 10.6. The highest BCUT2D eigenvalue weighted by Crippen LogP contribution is 2.37. The maximum atomic E-state index is 13.5. The highest BCUT2D eigenvalue weighted by molar-refractivity contribution is 8.14. The Labute approximate surface area is 209 Å². The minimum atomic E-state index is -0.770. The second kappa shape index (κ2) is 10.5. The number of Topliss-reactive ketones (excluding diaryl/α,β-unsaturated/α-hetero) is 1. The Balaban J connectivity index is 1.71.